The summed E-state index contributed by atoms with van der Waals surface area (Å²) >= 11 is 0. The van der Waals surface area contributed by atoms with Gasteiger partial charge in [-0.1, -0.05) is 13.3 Å². The average molecular weight is 279 g/mol. The van der Waals surface area contributed by atoms with Crippen LogP contribution in [-0.4, -0.2) is 29.7 Å². The van der Waals surface area contributed by atoms with Crippen LogP contribution >= 0.6 is 0 Å². The molecule has 1 heterocycles. The maximum Gasteiger partial charge on any atom is 0.148 e. The lowest BCUT2D eigenvalue weighted by atomic mass is 10.3. The molecule has 0 atom stereocenters. The third-order valence-corrected chi connectivity index (χ3v) is 3.42. The molecular weight excluding hydrogens is 254 g/mol. The van der Waals surface area contributed by atoms with Gasteiger partial charge in [0.05, 0.1) is 6.61 Å². The number of hydrogen-bond donors (Lipinski definition) is 3. The Labute approximate surface area is 120 Å². The first kappa shape index (κ1) is 15.0. The van der Waals surface area contributed by atoms with Gasteiger partial charge in [0.25, 0.3) is 0 Å². The highest BCUT2D eigenvalue weighted by Crippen LogP contribution is 2.39. The minimum atomic E-state index is 0.504. The lowest BCUT2D eigenvalue weighted by Crippen LogP contribution is -2.17. The molecule has 1 saturated carbocycles. The Hall–Kier alpha value is -1.40. The standard InChI is InChI=1S/C14H25N5O/c1-3-4-8-20-9-7-16-12-10(2)13(19-15)18-14(17-12)11-5-6-11/h11H,3-9,15H2,1-2H3,(H2,16,17,18,19). The molecule has 6 heteroatoms. The zero-order valence-electron chi connectivity index (χ0n) is 12.4. The number of anilines is 2. The molecule has 1 aliphatic rings. The monoisotopic (exact) mass is 279 g/mol. The fourth-order valence-corrected chi connectivity index (χ4v) is 1.96. The lowest BCUT2D eigenvalue weighted by Gasteiger charge is -2.13. The Kier molecular flexibility index (Phi) is 5.55. The van der Waals surface area contributed by atoms with Crippen LogP contribution in [0.25, 0.3) is 0 Å². The highest BCUT2D eigenvalue weighted by atomic mass is 16.5. The largest absolute Gasteiger partial charge is 0.380 e. The van der Waals surface area contributed by atoms with E-state index in [4.69, 9.17) is 10.6 Å². The normalized spacial score (nSPS) is 14.3. The zero-order valence-corrected chi connectivity index (χ0v) is 12.4. The highest BCUT2D eigenvalue weighted by molar-refractivity contribution is 5.57. The summed E-state index contributed by atoms with van der Waals surface area (Å²) in [4.78, 5) is 9.07. The van der Waals surface area contributed by atoms with Crippen molar-refractivity contribution in [1.29, 1.82) is 0 Å². The van der Waals surface area contributed by atoms with E-state index in [9.17, 15) is 0 Å². The van der Waals surface area contributed by atoms with Gasteiger partial charge in [-0.3, -0.25) is 0 Å². The Balaban J connectivity index is 1.90. The van der Waals surface area contributed by atoms with E-state index in [0.29, 0.717) is 18.3 Å². The molecule has 1 aromatic rings. The third-order valence-electron chi connectivity index (χ3n) is 3.42. The molecular formula is C14H25N5O. The number of nitrogens with two attached hydrogens (primary N) is 1. The van der Waals surface area contributed by atoms with Crippen LogP contribution in [0.4, 0.5) is 11.6 Å². The average Bonchev–Trinajstić information content (AvgIpc) is 3.29. The molecule has 20 heavy (non-hydrogen) atoms. The molecule has 0 unspecified atom stereocenters. The molecule has 0 saturated heterocycles. The van der Waals surface area contributed by atoms with Crippen molar-refractivity contribution in [3.8, 4) is 0 Å². The fraction of sp³-hybridized carbons (Fsp3) is 0.714. The van der Waals surface area contributed by atoms with Crippen molar-refractivity contribution in [3.05, 3.63) is 11.4 Å². The molecule has 4 N–H and O–H groups in total. The van der Waals surface area contributed by atoms with E-state index >= 15 is 0 Å². The number of nitrogen functional groups attached to an aromatic ring is 1. The Morgan fingerprint density at radius 3 is 2.65 bits per heavy atom. The molecule has 0 amide bonds. The molecule has 0 spiro atoms. The van der Waals surface area contributed by atoms with Gasteiger partial charge in [-0.2, -0.15) is 0 Å². The predicted octanol–water partition coefficient (Wildman–Crippen LogP) is 2.18. The summed E-state index contributed by atoms with van der Waals surface area (Å²) in [6, 6.07) is 0. The molecule has 0 bridgehead atoms. The summed E-state index contributed by atoms with van der Waals surface area (Å²) in [5.41, 5.74) is 3.60. The second kappa shape index (κ2) is 7.40. The molecule has 6 nitrogen and oxygen atoms in total. The lowest BCUT2D eigenvalue weighted by molar-refractivity contribution is 0.141. The quantitative estimate of drug-likeness (QED) is 0.365. The smallest absolute Gasteiger partial charge is 0.148 e. The van der Waals surface area contributed by atoms with E-state index in [1.807, 2.05) is 6.92 Å². The number of rotatable bonds is 9. The van der Waals surface area contributed by atoms with Gasteiger partial charge in [0.15, 0.2) is 0 Å². The Morgan fingerprint density at radius 2 is 2.00 bits per heavy atom. The Morgan fingerprint density at radius 1 is 1.25 bits per heavy atom. The van der Waals surface area contributed by atoms with E-state index < -0.39 is 0 Å². The predicted molar refractivity (Wildman–Crippen MR) is 80.8 cm³/mol. The van der Waals surface area contributed by atoms with Gasteiger partial charge in [0, 0.05) is 24.6 Å². The third kappa shape index (κ3) is 4.05. The molecule has 1 aromatic heterocycles. The summed E-state index contributed by atoms with van der Waals surface area (Å²) in [5, 5.41) is 3.32. The molecule has 0 aromatic carbocycles. The van der Waals surface area contributed by atoms with Crippen LogP contribution in [0, 0.1) is 6.92 Å². The molecule has 0 radical (unpaired) electrons. The molecule has 1 fully saturated rings. The van der Waals surface area contributed by atoms with Gasteiger partial charge in [0.2, 0.25) is 0 Å². The maximum absolute atomic E-state index is 5.54. The van der Waals surface area contributed by atoms with Crippen molar-refractivity contribution in [3.63, 3.8) is 0 Å². The van der Waals surface area contributed by atoms with Crippen LogP contribution < -0.4 is 16.6 Å². The van der Waals surface area contributed by atoms with Gasteiger partial charge in [-0.15, -0.1) is 0 Å². The SMILES string of the molecule is CCCCOCCNc1nc(C2CC2)nc(NN)c1C. The van der Waals surface area contributed by atoms with Crippen molar-refractivity contribution >= 4 is 11.6 Å². The van der Waals surface area contributed by atoms with Crippen LogP contribution in [0.15, 0.2) is 0 Å². The number of ether oxygens (including phenoxy) is 1. The van der Waals surface area contributed by atoms with Crippen molar-refractivity contribution < 1.29 is 4.74 Å². The van der Waals surface area contributed by atoms with Gasteiger partial charge in [0.1, 0.15) is 17.5 Å². The summed E-state index contributed by atoms with van der Waals surface area (Å²) in [6.07, 6.45) is 4.62. The summed E-state index contributed by atoms with van der Waals surface area (Å²) in [6.45, 7) is 6.38. The Bertz CT molecular complexity index is 434. The van der Waals surface area contributed by atoms with Crippen LogP contribution in [0.5, 0.6) is 0 Å². The summed E-state index contributed by atoms with van der Waals surface area (Å²) in [5.74, 6) is 8.48. The molecule has 112 valence electrons. The minimum Gasteiger partial charge on any atom is -0.380 e. The van der Waals surface area contributed by atoms with Crippen LogP contribution in [0.2, 0.25) is 0 Å². The van der Waals surface area contributed by atoms with E-state index in [2.05, 4.69) is 27.6 Å². The first-order chi connectivity index (χ1) is 9.76. The topological polar surface area (TPSA) is 85.1 Å². The number of nitrogens with zero attached hydrogens (tertiary/aromatic N) is 2. The highest BCUT2D eigenvalue weighted by Gasteiger charge is 2.28. The number of aromatic nitrogens is 2. The van der Waals surface area contributed by atoms with E-state index in [1.165, 1.54) is 12.8 Å². The number of nitrogens with one attached hydrogen (secondary N) is 2. The van der Waals surface area contributed by atoms with Gasteiger partial charge in [-0.05, 0) is 26.2 Å². The van der Waals surface area contributed by atoms with Crippen LogP contribution in [0.3, 0.4) is 0 Å². The van der Waals surface area contributed by atoms with Crippen LogP contribution in [0.1, 0.15) is 49.9 Å². The van der Waals surface area contributed by atoms with Crippen molar-refractivity contribution in [2.45, 2.75) is 45.4 Å². The summed E-state index contributed by atoms with van der Waals surface area (Å²) < 4.78 is 5.54. The van der Waals surface area contributed by atoms with Crippen molar-refractivity contribution in [2.75, 3.05) is 30.5 Å². The zero-order chi connectivity index (χ0) is 14.4. The minimum absolute atomic E-state index is 0.504. The van der Waals surface area contributed by atoms with Crippen molar-refractivity contribution in [2.24, 2.45) is 5.84 Å². The number of hydrazine groups is 1. The second-order valence-electron chi connectivity index (χ2n) is 5.22. The molecule has 1 aliphatic carbocycles. The fourth-order valence-electron chi connectivity index (χ4n) is 1.96. The van der Waals surface area contributed by atoms with Gasteiger partial charge in [-0.25, -0.2) is 15.8 Å². The number of hydrogen-bond acceptors (Lipinski definition) is 6. The van der Waals surface area contributed by atoms with Gasteiger partial charge >= 0.3 is 0 Å². The maximum atomic E-state index is 5.54. The summed E-state index contributed by atoms with van der Waals surface area (Å²) in [7, 11) is 0. The first-order valence-corrected chi connectivity index (χ1v) is 7.43. The van der Waals surface area contributed by atoms with E-state index in [1.54, 1.807) is 0 Å². The molecule has 2 rings (SSSR count). The van der Waals surface area contributed by atoms with Crippen LogP contribution in [-0.2, 0) is 4.74 Å². The first-order valence-electron chi connectivity index (χ1n) is 7.43. The van der Waals surface area contributed by atoms with E-state index in [0.717, 1.165) is 43.2 Å². The molecule has 0 aliphatic heterocycles. The van der Waals surface area contributed by atoms with E-state index in [-0.39, 0.29) is 0 Å². The van der Waals surface area contributed by atoms with Crippen molar-refractivity contribution in [1.82, 2.24) is 9.97 Å². The number of unbranched alkanes of at least 4 members (excludes halogenated alkanes) is 1. The second-order valence-corrected chi connectivity index (χ2v) is 5.22. The van der Waals surface area contributed by atoms with Gasteiger partial charge < -0.3 is 15.5 Å².